The number of aliphatic hydroxyl groups is 2. The molecule has 0 aliphatic heterocycles. The number of aromatic hydroxyl groups is 1. The van der Waals surface area contributed by atoms with Crippen molar-refractivity contribution in [2.75, 3.05) is 26.3 Å². The Hall–Kier alpha value is -1.92. The molecule has 0 fully saturated rings. The average molecular weight is 421 g/mol. The summed E-state index contributed by atoms with van der Waals surface area (Å²) in [5, 5.41) is 32.6. The third-order valence-corrected chi connectivity index (χ3v) is 4.76. The van der Waals surface area contributed by atoms with E-state index >= 15 is 0 Å². The summed E-state index contributed by atoms with van der Waals surface area (Å²) in [5.74, 6) is -0.601. The number of aliphatic hydroxyl groups excluding tert-OH is 2. The molecule has 0 aromatic heterocycles. The van der Waals surface area contributed by atoms with Crippen LogP contribution >= 0.6 is 0 Å². The number of aryl methyl sites for hydroxylation is 1. The molecule has 0 aliphatic rings. The highest BCUT2D eigenvalue weighted by molar-refractivity contribution is 5.36. The first-order valence-electron chi connectivity index (χ1n) is 13.2. The predicted octanol–water partition coefficient (Wildman–Crippen LogP) is 4.11. The first kappa shape index (κ1) is 17.7. The van der Waals surface area contributed by atoms with Crippen molar-refractivity contribution < 1.29 is 26.9 Å². The number of rotatable bonds is 16. The highest BCUT2D eigenvalue weighted by Crippen LogP contribution is 2.22. The molecule has 4 N–H and O–H groups in total. The third-order valence-electron chi connectivity index (χ3n) is 4.76. The maximum Gasteiger partial charge on any atom is 0.121 e. The summed E-state index contributed by atoms with van der Waals surface area (Å²) < 4.78 is 45.2. The van der Waals surface area contributed by atoms with Crippen LogP contribution in [0.2, 0.25) is 0 Å². The molecule has 2 aromatic rings. The van der Waals surface area contributed by atoms with Crippen molar-refractivity contribution in [1.82, 2.24) is 5.32 Å². The fraction of sp³-hybridized carbons (Fsp3) is 0.520. The second-order valence-corrected chi connectivity index (χ2v) is 7.24. The monoisotopic (exact) mass is 420 g/mol. The Morgan fingerprint density at radius 1 is 1.03 bits per heavy atom. The van der Waals surface area contributed by atoms with Crippen LogP contribution in [0, 0.1) is 0 Å². The summed E-state index contributed by atoms with van der Waals surface area (Å²) in [6.07, 6.45) is 4.09. The largest absolute Gasteiger partial charge is 0.508 e. The van der Waals surface area contributed by atoms with Gasteiger partial charge < -0.3 is 25.4 Å². The molecule has 0 spiro atoms. The van der Waals surface area contributed by atoms with Crippen molar-refractivity contribution in [3.63, 3.8) is 0 Å². The molecule has 2 aromatic carbocycles. The second kappa shape index (κ2) is 15.0. The number of unbranched alkanes of at least 4 members (excludes halogenated alkanes) is 3. The van der Waals surface area contributed by atoms with E-state index in [1.54, 1.807) is 0 Å². The van der Waals surface area contributed by atoms with Gasteiger partial charge in [-0.05, 0) is 61.9 Å². The van der Waals surface area contributed by atoms with Gasteiger partial charge >= 0.3 is 0 Å². The Kier molecular flexibility index (Phi) is 8.85. The van der Waals surface area contributed by atoms with Gasteiger partial charge in [0.05, 0.1) is 19.6 Å². The summed E-state index contributed by atoms with van der Waals surface area (Å²) >= 11 is 0. The van der Waals surface area contributed by atoms with E-state index in [9.17, 15) is 15.3 Å². The topological polar surface area (TPSA) is 82.0 Å². The maximum atomic E-state index is 10.4. The molecule has 0 aliphatic carbocycles. The first-order chi connectivity index (χ1) is 16.7. The second-order valence-electron chi connectivity index (χ2n) is 7.24. The molecule has 166 valence electrons. The molecule has 5 heteroatoms. The van der Waals surface area contributed by atoms with Crippen LogP contribution in [0.3, 0.4) is 0 Å². The summed E-state index contributed by atoms with van der Waals surface area (Å²) in [7, 11) is 0. The summed E-state index contributed by atoms with van der Waals surface area (Å²) in [6.45, 7) is -1.21. The van der Waals surface area contributed by atoms with Crippen molar-refractivity contribution in [2.45, 2.75) is 57.7 Å². The Morgan fingerprint density at radius 3 is 2.63 bits per heavy atom. The zero-order valence-electron chi connectivity index (χ0n) is 22.5. The highest BCUT2D eigenvalue weighted by Gasteiger charge is 2.09. The van der Waals surface area contributed by atoms with E-state index in [1.165, 1.54) is 5.56 Å². The molecular weight excluding hydrogens is 378 g/mol. The molecule has 5 nitrogen and oxygen atoms in total. The van der Waals surface area contributed by atoms with Crippen LogP contribution in [-0.4, -0.2) is 41.6 Å². The Balaban J connectivity index is 1.58. The van der Waals surface area contributed by atoms with Crippen molar-refractivity contribution in [3.8, 4) is 5.75 Å². The van der Waals surface area contributed by atoms with Crippen molar-refractivity contribution in [2.24, 2.45) is 0 Å². The van der Waals surface area contributed by atoms with E-state index in [4.69, 9.17) is 11.6 Å². The maximum absolute atomic E-state index is 10.4. The van der Waals surface area contributed by atoms with Crippen LogP contribution in [0.4, 0.5) is 0 Å². The minimum Gasteiger partial charge on any atom is -0.508 e. The smallest absolute Gasteiger partial charge is 0.121 e. The van der Waals surface area contributed by atoms with Crippen LogP contribution in [0.25, 0.3) is 0 Å². The summed E-state index contributed by atoms with van der Waals surface area (Å²) in [6, 6.07) is 8.76. The lowest BCUT2D eigenvalue weighted by atomic mass is 10.1. The van der Waals surface area contributed by atoms with Gasteiger partial charge in [-0.15, -0.1) is 0 Å². The Labute approximate surface area is 187 Å². The van der Waals surface area contributed by atoms with E-state index in [2.05, 4.69) is 5.32 Å². The first-order valence-corrected chi connectivity index (χ1v) is 10.7. The van der Waals surface area contributed by atoms with Crippen LogP contribution in [0.5, 0.6) is 5.75 Å². The van der Waals surface area contributed by atoms with E-state index in [0.29, 0.717) is 19.6 Å². The minimum atomic E-state index is -1.62. The van der Waals surface area contributed by atoms with Gasteiger partial charge in [-0.2, -0.15) is 0 Å². The molecule has 2 rings (SSSR count). The lowest BCUT2D eigenvalue weighted by molar-refractivity contribution is 0.126. The Morgan fingerprint density at radius 2 is 1.83 bits per heavy atom. The molecule has 0 saturated heterocycles. The number of hydrogen-bond donors (Lipinski definition) is 4. The molecular formula is C25H37NO4. The SMILES string of the molecule is [2H]c1c([2H])c(C(O)CNCCCCCCOC([2H])([2H])CCCc2ccccc2)c([2H])c(CO)c1O. The van der Waals surface area contributed by atoms with Crippen LogP contribution in [0.1, 0.15) is 68.2 Å². The minimum absolute atomic E-state index is 0.0825. The number of ether oxygens (including phenoxy) is 1. The van der Waals surface area contributed by atoms with Gasteiger partial charge in [0.2, 0.25) is 0 Å². The molecule has 0 radical (unpaired) electrons. The van der Waals surface area contributed by atoms with Crippen LogP contribution in [-0.2, 0) is 17.8 Å². The number of nitrogens with one attached hydrogen (secondary N) is 1. The molecule has 0 bridgehead atoms. The molecule has 1 unspecified atom stereocenters. The normalized spacial score (nSPS) is 15.1. The molecule has 0 heterocycles. The average Bonchev–Trinajstić information content (AvgIpc) is 2.82. The molecule has 0 saturated carbocycles. The van der Waals surface area contributed by atoms with Gasteiger partial charge in [-0.1, -0.05) is 49.2 Å². The number of benzene rings is 2. The van der Waals surface area contributed by atoms with E-state index < -0.39 is 37.1 Å². The fourth-order valence-electron chi connectivity index (χ4n) is 3.01. The van der Waals surface area contributed by atoms with Gasteiger partial charge in [-0.25, -0.2) is 0 Å². The standard InChI is InChI=1S/C25H37NO4/c27-20-23-18-22(13-14-24(23)28)25(29)19-26-15-7-1-2-8-16-30-17-9-6-12-21-10-4-3-5-11-21/h3-5,10-11,13-14,18,25-29H,1-2,6-9,12,15-17,19-20H2/i13D,14D,17D2,18D. The highest BCUT2D eigenvalue weighted by atomic mass is 16.5. The quantitative estimate of drug-likeness (QED) is 0.307. The summed E-state index contributed by atoms with van der Waals surface area (Å²) in [4.78, 5) is 0. The molecule has 1 atom stereocenters. The van der Waals surface area contributed by atoms with E-state index in [-0.39, 0.29) is 23.7 Å². The van der Waals surface area contributed by atoms with Crippen molar-refractivity contribution >= 4 is 0 Å². The van der Waals surface area contributed by atoms with E-state index in [1.807, 2.05) is 30.3 Å². The van der Waals surface area contributed by atoms with Gasteiger partial charge in [0.1, 0.15) is 5.75 Å². The van der Waals surface area contributed by atoms with Crippen LogP contribution < -0.4 is 5.32 Å². The van der Waals surface area contributed by atoms with Gasteiger partial charge in [-0.3, -0.25) is 0 Å². The lowest BCUT2D eigenvalue weighted by Crippen LogP contribution is -2.22. The number of phenols is 1. The Bertz CT molecular complexity index is 915. The molecule has 30 heavy (non-hydrogen) atoms. The third kappa shape index (κ3) is 9.72. The fourth-order valence-corrected chi connectivity index (χ4v) is 3.01. The van der Waals surface area contributed by atoms with E-state index in [0.717, 1.165) is 38.5 Å². The summed E-state index contributed by atoms with van der Waals surface area (Å²) in [5.41, 5.74) is 0.950. The van der Waals surface area contributed by atoms with Gasteiger partial charge in [0.25, 0.3) is 0 Å². The molecule has 0 amide bonds. The van der Waals surface area contributed by atoms with Crippen molar-refractivity contribution in [1.29, 1.82) is 0 Å². The number of hydrogen-bond acceptors (Lipinski definition) is 5. The lowest BCUT2D eigenvalue weighted by Gasteiger charge is -2.14. The van der Waals surface area contributed by atoms with Gasteiger partial charge in [0, 0.05) is 25.3 Å². The zero-order valence-corrected chi connectivity index (χ0v) is 17.5. The predicted molar refractivity (Wildman–Crippen MR) is 121 cm³/mol. The van der Waals surface area contributed by atoms with Crippen LogP contribution in [0.15, 0.2) is 48.5 Å². The van der Waals surface area contributed by atoms with Crippen molar-refractivity contribution in [3.05, 3.63) is 65.1 Å². The zero-order chi connectivity index (χ0) is 25.8. The van der Waals surface area contributed by atoms with Gasteiger partial charge in [0.15, 0.2) is 0 Å².